The van der Waals surface area contributed by atoms with E-state index in [9.17, 15) is 0 Å². The lowest BCUT2D eigenvalue weighted by atomic mass is 10.1. The fourth-order valence-corrected chi connectivity index (χ4v) is 1.64. The van der Waals surface area contributed by atoms with Gasteiger partial charge in [-0.05, 0) is 43.2 Å². The number of hydrazine groups is 1. The van der Waals surface area contributed by atoms with Crippen LogP contribution in [0.25, 0.3) is 0 Å². The average Bonchev–Trinajstić information content (AvgIpc) is 2.74. The quantitative estimate of drug-likeness (QED) is 0.604. The minimum absolute atomic E-state index is 0.00361. The maximum atomic E-state index is 5.55. The lowest BCUT2D eigenvalue weighted by Gasteiger charge is -2.13. The first-order valence-corrected chi connectivity index (χ1v) is 5.21. The van der Waals surface area contributed by atoms with Crippen LogP contribution < -0.4 is 11.3 Å². The molecule has 1 atom stereocenters. The summed E-state index contributed by atoms with van der Waals surface area (Å²) in [6.07, 6.45) is 4.33. The van der Waals surface area contributed by atoms with Crippen molar-refractivity contribution in [3.8, 4) is 0 Å². The molecule has 4 heteroatoms. The summed E-state index contributed by atoms with van der Waals surface area (Å²) in [4.78, 5) is 3.98. The van der Waals surface area contributed by atoms with E-state index in [1.165, 1.54) is 5.56 Å². The summed E-state index contributed by atoms with van der Waals surface area (Å²) in [5.41, 5.74) is 3.94. The first-order chi connectivity index (χ1) is 7.79. The number of furan rings is 1. The van der Waals surface area contributed by atoms with Crippen LogP contribution in [0.1, 0.15) is 23.1 Å². The number of aromatic nitrogens is 1. The van der Waals surface area contributed by atoms with Crippen molar-refractivity contribution in [3.05, 3.63) is 53.7 Å². The second-order valence-electron chi connectivity index (χ2n) is 3.73. The Balaban J connectivity index is 2.12. The Kier molecular flexibility index (Phi) is 3.34. The van der Waals surface area contributed by atoms with Gasteiger partial charge in [0.05, 0.1) is 6.04 Å². The Morgan fingerprint density at radius 3 is 2.62 bits per heavy atom. The van der Waals surface area contributed by atoms with Crippen molar-refractivity contribution in [2.24, 2.45) is 5.84 Å². The number of nitrogens with zero attached hydrogens (tertiary/aromatic N) is 1. The maximum absolute atomic E-state index is 5.55. The van der Waals surface area contributed by atoms with Crippen LogP contribution in [0, 0.1) is 6.92 Å². The number of hydrogen-bond donors (Lipinski definition) is 2. The zero-order chi connectivity index (χ0) is 11.4. The van der Waals surface area contributed by atoms with E-state index in [0.29, 0.717) is 0 Å². The summed E-state index contributed by atoms with van der Waals surface area (Å²) in [5, 5.41) is 0. The molecule has 0 aromatic carbocycles. The molecule has 16 heavy (non-hydrogen) atoms. The predicted molar refractivity (Wildman–Crippen MR) is 61.5 cm³/mol. The van der Waals surface area contributed by atoms with Crippen molar-refractivity contribution in [1.82, 2.24) is 10.4 Å². The van der Waals surface area contributed by atoms with Gasteiger partial charge in [0, 0.05) is 12.4 Å². The summed E-state index contributed by atoms with van der Waals surface area (Å²) in [6, 6.07) is 7.82. The highest BCUT2D eigenvalue weighted by Crippen LogP contribution is 2.19. The molecule has 4 nitrogen and oxygen atoms in total. The SMILES string of the molecule is Cc1ccc(C(Cc2ccncc2)NN)o1. The number of hydrogen-bond acceptors (Lipinski definition) is 4. The molecule has 0 spiro atoms. The molecule has 0 aliphatic heterocycles. The standard InChI is InChI=1S/C12H15N3O/c1-9-2-3-12(16-9)11(15-13)8-10-4-6-14-7-5-10/h2-7,11,15H,8,13H2,1H3. The van der Waals surface area contributed by atoms with Gasteiger partial charge in [-0.1, -0.05) is 0 Å². The van der Waals surface area contributed by atoms with E-state index in [1.807, 2.05) is 31.2 Å². The fourth-order valence-electron chi connectivity index (χ4n) is 1.64. The predicted octanol–water partition coefficient (Wildman–Crippen LogP) is 1.73. The molecule has 0 saturated heterocycles. The van der Waals surface area contributed by atoms with Gasteiger partial charge in [-0.25, -0.2) is 5.43 Å². The summed E-state index contributed by atoms with van der Waals surface area (Å²) in [5.74, 6) is 7.29. The van der Waals surface area contributed by atoms with E-state index >= 15 is 0 Å². The number of pyridine rings is 1. The smallest absolute Gasteiger partial charge is 0.122 e. The van der Waals surface area contributed by atoms with Gasteiger partial charge in [0.1, 0.15) is 11.5 Å². The second-order valence-corrected chi connectivity index (χ2v) is 3.73. The molecule has 1 unspecified atom stereocenters. The maximum Gasteiger partial charge on any atom is 0.122 e. The molecule has 0 amide bonds. The Labute approximate surface area is 94.5 Å². The summed E-state index contributed by atoms with van der Waals surface area (Å²) >= 11 is 0. The van der Waals surface area contributed by atoms with E-state index < -0.39 is 0 Å². The molecule has 3 N–H and O–H groups in total. The highest BCUT2D eigenvalue weighted by Gasteiger charge is 2.13. The number of rotatable bonds is 4. The largest absolute Gasteiger partial charge is 0.465 e. The molecular formula is C12H15N3O. The third-order valence-electron chi connectivity index (χ3n) is 2.49. The van der Waals surface area contributed by atoms with Crippen molar-refractivity contribution in [2.45, 2.75) is 19.4 Å². The van der Waals surface area contributed by atoms with Gasteiger partial charge in [-0.2, -0.15) is 0 Å². The lowest BCUT2D eigenvalue weighted by molar-refractivity contribution is 0.403. The third-order valence-corrected chi connectivity index (χ3v) is 2.49. The first-order valence-electron chi connectivity index (χ1n) is 5.21. The van der Waals surface area contributed by atoms with E-state index in [2.05, 4.69) is 10.4 Å². The van der Waals surface area contributed by atoms with Gasteiger partial charge in [0.25, 0.3) is 0 Å². The highest BCUT2D eigenvalue weighted by molar-refractivity contribution is 5.16. The second kappa shape index (κ2) is 4.92. The minimum Gasteiger partial charge on any atom is -0.465 e. The third kappa shape index (κ3) is 2.48. The highest BCUT2D eigenvalue weighted by atomic mass is 16.3. The summed E-state index contributed by atoms with van der Waals surface area (Å²) < 4.78 is 5.55. The summed E-state index contributed by atoms with van der Waals surface area (Å²) in [7, 11) is 0. The van der Waals surface area contributed by atoms with Crippen molar-refractivity contribution in [2.75, 3.05) is 0 Å². The van der Waals surface area contributed by atoms with Crippen molar-refractivity contribution in [1.29, 1.82) is 0 Å². The number of nitrogens with two attached hydrogens (primary N) is 1. The van der Waals surface area contributed by atoms with Crippen molar-refractivity contribution < 1.29 is 4.42 Å². The molecule has 0 radical (unpaired) electrons. The van der Waals surface area contributed by atoms with Crippen LogP contribution in [0.5, 0.6) is 0 Å². The Bertz CT molecular complexity index is 439. The first kappa shape index (κ1) is 10.9. The molecule has 2 heterocycles. The van der Waals surface area contributed by atoms with Gasteiger partial charge >= 0.3 is 0 Å². The molecule has 0 saturated carbocycles. The Morgan fingerprint density at radius 2 is 2.06 bits per heavy atom. The van der Waals surface area contributed by atoms with Crippen LogP contribution in [-0.4, -0.2) is 4.98 Å². The molecule has 2 rings (SSSR count). The van der Waals surface area contributed by atoms with Crippen LogP contribution in [-0.2, 0) is 6.42 Å². The van der Waals surface area contributed by atoms with Crippen LogP contribution >= 0.6 is 0 Å². The monoisotopic (exact) mass is 217 g/mol. The van der Waals surface area contributed by atoms with E-state index in [-0.39, 0.29) is 6.04 Å². The van der Waals surface area contributed by atoms with Gasteiger partial charge in [-0.15, -0.1) is 0 Å². The zero-order valence-corrected chi connectivity index (χ0v) is 9.18. The number of aryl methyl sites for hydroxylation is 1. The van der Waals surface area contributed by atoms with Crippen LogP contribution in [0.3, 0.4) is 0 Å². The molecule has 0 aliphatic rings. The van der Waals surface area contributed by atoms with Gasteiger partial charge < -0.3 is 4.42 Å². The topological polar surface area (TPSA) is 64.1 Å². The molecule has 0 aliphatic carbocycles. The molecule has 0 fully saturated rings. The average molecular weight is 217 g/mol. The normalized spacial score (nSPS) is 12.6. The molecular weight excluding hydrogens is 202 g/mol. The minimum atomic E-state index is -0.00361. The lowest BCUT2D eigenvalue weighted by Crippen LogP contribution is -2.29. The van der Waals surface area contributed by atoms with Crippen molar-refractivity contribution >= 4 is 0 Å². The molecule has 2 aromatic heterocycles. The van der Waals surface area contributed by atoms with Gasteiger partial charge in [0.15, 0.2) is 0 Å². The van der Waals surface area contributed by atoms with E-state index in [4.69, 9.17) is 10.3 Å². The molecule has 84 valence electrons. The Hall–Kier alpha value is -1.65. The van der Waals surface area contributed by atoms with E-state index in [0.717, 1.165) is 17.9 Å². The van der Waals surface area contributed by atoms with E-state index in [1.54, 1.807) is 12.4 Å². The fraction of sp³-hybridized carbons (Fsp3) is 0.250. The summed E-state index contributed by atoms with van der Waals surface area (Å²) in [6.45, 7) is 1.92. The molecule has 0 bridgehead atoms. The van der Waals surface area contributed by atoms with Crippen LogP contribution in [0.15, 0.2) is 41.1 Å². The van der Waals surface area contributed by atoms with Crippen LogP contribution in [0.2, 0.25) is 0 Å². The molecule has 2 aromatic rings. The van der Waals surface area contributed by atoms with Crippen LogP contribution in [0.4, 0.5) is 0 Å². The van der Waals surface area contributed by atoms with Gasteiger partial charge in [0.2, 0.25) is 0 Å². The zero-order valence-electron chi connectivity index (χ0n) is 9.18. The van der Waals surface area contributed by atoms with Crippen molar-refractivity contribution in [3.63, 3.8) is 0 Å². The Morgan fingerprint density at radius 1 is 1.31 bits per heavy atom. The van der Waals surface area contributed by atoms with Gasteiger partial charge in [-0.3, -0.25) is 10.8 Å². The number of nitrogens with one attached hydrogen (secondary N) is 1.